The van der Waals surface area contributed by atoms with E-state index in [2.05, 4.69) is 29.4 Å². The Kier molecular flexibility index (Phi) is 4.65. The molecule has 0 aliphatic carbocycles. The molecule has 0 radical (unpaired) electrons. The average molecular weight is 276 g/mol. The lowest BCUT2D eigenvalue weighted by molar-refractivity contribution is 0.0696. The molecular weight excluding hydrogens is 260 g/mol. The monoisotopic (exact) mass is 276 g/mol. The van der Waals surface area contributed by atoms with Crippen LogP contribution in [0.3, 0.4) is 0 Å². The minimum Gasteiger partial charge on any atom is -0.476 e. The zero-order valence-corrected chi connectivity index (χ0v) is 11.5. The summed E-state index contributed by atoms with van der Waals surface area (Å²) in [7, 11) is 0. The molecule has 2 aromatic rings. The quantitative estimate of drug-likeness (QED) is 0.851. The first kappa shape index (κ1) is 13.7. The molecule has 0 aliphatic heterocycles. The van der Waals surface area contributed by atoms with Gasteiger partial charge in [0.05, 0.1) is 5.69 Å². The summed E-state index contributed by atoms with van der Waals surface area (Å²) in [6, 6.07) is 10.5. The Hall–Kier alpha value is -1.72. The van der Waals surface area contributed by atoms with Gasteiger partial charge in [0.2, 0.25) is 5.01 Å². The highest BCUT2D eigenvalue weighted by Crippen LogP contribution is 2.17. The van der Waals surface area contributed by atoms with Gasteiger partial charge in [0, 0.05) is 18.0 Å². The van der Waals surface area contributed by atoms with Crippen molar-refractivity contribution in [3.8, 4) is 0 Å². The van der Waals surface area contributed by atoms with Gasteiger partial charge in [-0.1, -0.05) is 37.3 Å². The van der Waals surface area contributed by atoms with Gasteiger partial charge in [0.15, 0.2) is 0 Å². The van der Waals surface area contributed by atoms with Crippen molar-refractivity contribution in [1.29, 1.82) is 0 Å². The van der Waals surface area contributed by atoms with E-state index in [0.29, 0.717) is 6.54 Å². The van der Waals surface area contributed by atoms with Crippen LogP contribution in [0.2, 0.25) is 0 Å². The summed E-state index contributed by atoms with van der Waals surface area (Å²) in [5, 5.41) is 14.2. The van der Waals surface area contributed by atoms with E-state index in [1.807, 2.05) is 18.2 Å². The molecule has 0 aliphatic rings. The maximum Gasteiger partial charge on any atom is 0.365 e. The lowest BCUT2D eigenvalue weighted by atomic mass is 10.0. The van der Waals surface area contributed by atoms with Gasteiger partial charge in [-0.3, -0.25) is 0 Å². The van der Waals surface area contributed by atoms with Crippen LogP contribution in [-0.4, -0.2) is 16.1 Å². The zero-order chi connectivity index (χ0) is 13.7. The molecule has 0 saturated carbocycles. The lowest BCUT2D eigenvalue weighted by Gasteiger charge is -2.16. The van der Waals surface area contributed by atoms with Crippen LogP contribution in [0.15, 0.2) is 35.7 Å². The molecule has 0 saturated heterocycles. The first-order valence-corrected chi connectivity index (χ1v) is 7.04. The molecule has 4 nitrogen and oxygen atoms in total. The van der Waals surface area contributed by atoms with E-state index in [9.17, 15) is 4.79 Å². The van der Waals surface area contributed by atoms with E-state index < -0.39 is 5.97 Å². The minimum absolute atomic E-state index is 0.143. The molecule has 1 atom stereocenters. The summed E-state index contributed by atoms with van der Waals surface area (Å²) >= 11 is 1.16. The second-order valence-corrected chi connectivity index (χ2v) is 5.06. The summed E-state index contributed by atoms with van der Waals surface area (Å²) in [5.41, 5.74) is 2.01. The van der Waals surface area contributed by atoms with E-state index in [1.165, 1.54) is 5.56 Å². The number of nitrogens with zero attached hydrogens (tertiary/aromatic N) is 1. The fourth-order valence-corrected chi connectivity index (χ4v) is 2.55. The molecule has 0 amide bonds. The van der Waals surface area contributed by atoms with E-state index in [0.717, 1.165) is 23.5 Å². The Morgan fingerprint density at radius 2 is 2.16 bits per heavy atom. The molecular formula is C14H16N2O2S. The normalized spacial score (nSPS) is 12.3. The molecule has 1 heterocycles. The van der Waals surface area contributed by atoms with Crippen LogP contribution in [0.4, 0.5) is 0 Å². The van der Waals surface area contributed by atoms with Gasteiger partial charge < -0.3 is 10.4 Å². The van der Waals surface area contributed by atoms with Crippen molar-refractivity contribution in [2.24, 2.45) is 0 Å². The number of carbonyl (C=O) groups is 1. The minimum atomic E-state index is -0.966. The van der Waals surface area contributed by atoms with Crippen molar-refractivity contribution in [3.63, 3.8) is 0 Å². The van der Waals surface area contributed by atoms with Gasteiger partial charge >= 0.3 is 5.97 Å². The number of rotatable bonds is 6. The van der Waals surface area contributed by atoms with Crippen molar-refractivity contribution in [3.05, 3.63) is 52.0 Å². The number of aromatic nitrogens is 1. The van der Waals surface area contributed by atoms with Gasteiger partial charge in [-0.25, -0.2) is 9.78 Å². The summed E-state index contributed by atoms with van der Waals surface area (Å²) in [6.07, 6.45) is 0.972. The van der Waals surface area contributed by atoms with Crippen molar-refractivity contribution >= 4 is 17.3 Å². The first-order chi connectivity index (χ1) is 9.20. The lowest BCUT2D eigenvalue weighted by Crippen LogP contribution is -2.20. The molecule has 0 spiro atoms. The summed E-state index contributed by atoms with van der Waals surface area (Å²) in [4.78, 5) is 14.8. The number of carboxylic acids is 1. The predicted molar refractivity (Wildman–Crippen MR) is 75.4 cm³/mol. The summed E-state index contributed by atoms with van der Waals surface area (Å²) < 4.78 is 0. The predicted octanol–water partition coefficient (Wildman–Crippen LogP) is 3.08. The Morgan fingerprint density at radius 3 is 2.74 bits per heavy atom. The molecule has 100 valence electrons. The van der Waals surface area contributed by atoms with Crippen molar-refractivity contribution < 1.29 is 9.90 Å². The zero-order valence-electron chi connectivity index (χ0n) is 10.7. The third-order valence-electron chi connectivity index (χ3n) is 2.87. The van der Waals surface area contributed by atoms with Crippen molar-refractivity contribution in [1.82, 2.24) is 10.3 Å². The fourth-order valence-electron chi connectivity index (χ4n) is 1.90. The van der Waals surface area contributed by atoms with Crippen molar-refractivity contribution in [2.75, 3.05) is 0 Å². The smallest absolute Gasteiger partial charge is 0.365 e. The summed E-state index contributed by atoms with van der Waals surface area (Å²) in [5.74, 6) is -0.966. The molecule has 2 rings (SSSR count). The fraction of sp³-hybridized carbons (Fsp3) is 0.286. The highest BCUT2D eigenvalue weighted by Gasteiger charge is 2.11. The maximum absolute atomic E-state index is 10.8. The molecule has 2 N–H and O–H groups in total. The molecule has 1 unspecified atom stereocenters. The van der Waals surface area contributed by atoms with Gasteiger partial charge in [-0.15, -0.1) is 11.3 Å². The number of hydrogen-bond donors (Lipinski definition) is 2. The van der Waals surface area contributed by atoms with Gasteiger partial charge in [0.25, 0.3) is 0 Å². The average Bonchev–Trinajstić information content (AvgIpc) is 2.90. The Bertz CT molecular complexity index is 539. The van der Waals surface area contributed by atoms with Gasteiger partial charge in [0.1, 0.15) is 0 Å². The molecule has 0 bridgehead atoms. The number of aromatic carboxylic acids is 1. The van der Waals surface area contributed by atoms with E-state index in [4.69, 9.17) is 5.11 Å². The SMILES string of the molecule is CCC(NCc1csc(C(=O)O)n1)c1ccccc1. The van der Waals surface area contributed by atoms with Gasteiger partial charge in [-0.2, -0.15) is 0 Å². The van der Waals surface area contributed by atoms with Crippen LogP contribution in [0.25, 0.3) is 0 Å². The van der Waals surface area contributed by atoms with E-state index in [-0.39, 0.29) is 11.0 Å². The Labute approximate surface area is 116 Å². The van der Waals surface area contributed by atoms with E-state index >= 15 is 0 Å². The van der Waals surface area contributed by atoms with Crippen molar-refractivity contribution in [2.45, 2.75) is 25.9 Å². The molecule has 1 aromatic carbocycles. The number of hydrogen-bond acceptors (Lipinski definition) is 4. The largest absolute Gasteiger partial charge is 0.476 e. The van der Waals surface area contributed by atoms with Crippen LogP contribution >= 0.6 is 11.3 Å². The van der Waals surface area contributed by atoms with E-state index in [1.54, 1.807) is 5.38 Å². The summed E-state index contributed by atoms with van der Waals surface area (Å²) in [6.45, 7) is 2.70. The number of benzene rings is 1. The van der Waals surface area contributed by atoms with Crippen LogP contribution in [0, 0.1) is 0 Å². The van der Waals surface area contributed by atoms with Crippen LogP contribution < -0.4 is 5.32 Å². The number of carboxylic acid groups (broad SMARTS) is 1. The van der Waals surface area contributed by atoms with Crippen LogP contribution in [0.1, 0.15) is 40.4 Å². The van der Waals surface area contributed by atoms with Crippen LogP contribution in [0.5, 0.6) is 0 Å². The highest BCUT2D eigenvalue weighted by molar-refractivity contribution is 7.11. The molecule has 19 heavy (non-hydrogen) atoms. The topological polar surface area (TPSA) is 62.2 Å². The Balaban J connectivity index is 1.98. The maximum atomic E-state index is 10.8. The second kappa shape index (κ2) is 6.45. The third-order valence-corrected chi connectivity index (χ3v) is 3.75. The first-order valence-electron chi connectivity index (χ1n) is 6.16. The van der Waals surface area contributed by atoms with Gasteiger partial charge in [-0.05, 0) is 12.0 Å². The molecule has 1 aromatic heterocycles. The standard InChI is InChI=1S/C14H16N2O2S/c1-2-12(10-6-4-3-5-7-10)15-8-11-9-19-13(16-11)14(17)18/h3-7,9,12,15H,2,8H2,1H3,(H,17,18). The molecule has 5 heteroatoms. The number of nitrogens with one attached hydrogen (secondary N) is 1. The third kappa shape index (κ3) is 3.62. The second-order valence-electron chi connectivity index (χ2n) is 4.20. The Morgan fingerprint density at radius 1 is 1.42 bits per heavy atom. The number of thiazole rings is 1. The van der Waals surface area contributed by atoms with Crippen LogP contribution in [-0.2, 0) is 6.54 Å². The highest BCUT2D eigenvalue weighted by atomic mass is 32.1. The molecule has 0 fully saturated rings.